The second-order valence-electron chi connectivity index (χ2n) is 8.59. The molecule has 1 saturated heterocycles. The molecule has 2 N–H and O–H groups in total. The molecule has 0 bridgehead atoms. The van der Waals surface area contributed by atoms with E-state index in [0.717, 1.165) is 5.57 Å². The van der Waals surface area contributed by atoms with Crippen LogP contribution in [-0.2, 0) is 19.2 Å². The third kappa shape index (κ3) is 2.43. The lowest BCUT2D eigenvalue weighted by Crippen LogP contribution is -2.39. The number of aromatic hydroxyl groups is 1. The molecular weight excluding hydrogens is 382 g/mol. The number of para-hydroxylation sites is 1. The SMILES string of the molecule is CC1=CC(=O)C2=C(CC3C(=CCC4C(=O)NC(=O)C43)C2c2cccc(C)c2O)C1=O. The van der Waals surface area contributed by atoms with Crippen molar-refractivity contribution in [3.63, 3.8) is 0 Å². The van der Waals surface area contributed by atoms with E-state index in [2.05, 4.69) is 5.32 Å². The summed E-state index contributed by atoms with van der Waals surface area (Å²) in [5.74, 6) is -2.94. The first-order valence-corrected chi connectivity index (χ1v) is 10.1. The minimum Gasteiger partial charge on any atom is -0.507 e. The van der Waals surface area contributed by atoms with E-state index in [1.54, 1.807) is 26.0 Å². The Balaban J connectivity index is 1.75. The van der Waals surface area contributed by atoms with Crippen molar-refractivity contribution in [2.24, 2.45) is 17.8 Å². The van der Waals surface area contributed by atoms with Crippen LogP contribution in [0.5, 0.6) is 5.75 Å². The van der Waals surface area contributed by atoms with Gasteiger partial charge in [0.25, 0.3) is 0 Å². The molecule has 0 spiro atoms. The van der Waals surface area contributed by atoms with Crippen LogP contribution in [0.15, 0.2) is 52.6 Å². The molecule has 0 saturated carbocycles. The number of allylic oxidation sites excluding steroid dienone is 6. The fraction of sp³-hybridized carbons (Fsp3) is 0.333. The van der Waals surface area contributed by atoms with E-state index >= 15 is 0 Å². The van der Waals surface area contributed by atoms with Crippen LogP contribution in [0.4, 0.5) is 0 Å². The molecule has 6 nitrogen and oxygen atoms in total. The largest absolute Gasteiger partial charge is 0.507 e. The number of phenolic OH excluding ortho intramolecular Hbond substituents is 1. The maximum Gasteiger partial charge on any atom is 0.231 e. The van der Waals surface area contributed by atoms with E-state index in [-0.39, 0.29) is 41.5 Å². The van der Waals surface area contributed by atoms with Crippen molar-refractivity contribution in [1.82, 2.24) is 5.32 Å². The molecule has 1 aromatic rings. The number of benzene rings is 1. The number of fused-ring (bicyclic) bond motifs is 3. The standard InChI is InChI=1S/C24H21NO5/c1-10-4-3-5-13(21(10)27)18-12-6-7-14-19(24(30)25-23(14)29)15(12)9-16-20(18)17(26)8-11(2)22(16)28/h3-6,8,14-15,18-19,27H,7,9H2,1-2H3,(H,25,29,30). The number of hydrogen-bond donors (Lipinski definition) is 2. The summed E-state index contributed by atoms with van der Waals surface area (Å²) in [4.78, 5) is 50.9. The first-order chi connectivity index (χ1) is 14.3. The Morgan fingerprint density at radius 2 is 1.80 bits per heavy atom. The molecule has 1 aromatic carbocycles. The number of phenols is 1. The molecule has 4 unspecified atom stereocenters. The average Bonchev–Trinajstić information content (AvgIpc) is 3.01. The first kappa shape index (κ1) is 18.7. The summed E-state index contributed by atoms with van der Waals surface area (Å²) >= 11 is 0. The summed E-state index contributed by atoms with van der Waals surface area (Å²) in [5.41, 5.74) is 3.22. The quantitative estimate of drug-likeness (QED) is 0.426. The van der Waals surface area contributed by atoms with E-state index < -0.39 is 17.8 Å². The lowest BCUT2D eigenvalue weighted by Gasteiger charge is -2.42. The number of rotatable bonds is 1. The summed E-state index contributed by atoms with van der Waals surface area (Å²) in [6.45, 7) is 3.39. The predicted molar refractivity (Wildman–Crippen MR) is 107 cm³/mol. The number of carbonyl (C=O) groups excluding carboxylic acids is 4. The average molecular weight is 403 g/mol. The Morgan fingerprint density at radius 1 is 1.03 bits per heavy atom. The zero-order valence-electron chi connectivity index (χ0n) is 16.7. The smallest absolute Gasteiger partial charge is 0.231 e. The maximum absolute atomic E-state index is 13.1. The summed E-state index contributed by atoms with van der Waals surface area (Å²) < 4.78 is 0. The van der Waals surface area contributed by atoms with Crippen molar-refractivity contribution >= 4 is 23.4 Å². The molecule has 0 radical (unpaired) electrons. The molecule has 1 fully saturated rings. The van der Waals surface area contributed by atoms with Crippen molar-refractivity contribution in [2.45, 2.75) is 32.6 Å². The van der Waals surface area contributed by atoms with Crippen LogP contribution in [0, 0.1) is 24.7 Å². The highest BCUT2D eigenvalue weighted by molar-refractivity contribution is 6.23. The van der Waals surface area contributed by atoms with Crippen molar-refractivity contribution in [3.8, 4) is 5.75 Å². The number of aryl methyl sites for hydroxylation is 1. The second kappa shape index (κ2) is 6.36. The van der Waals surface area contributed by atoms with Gasteiger partial charge in [0, 0.05) is 28.2 Å². The van der Waals surface area contributed by atoms with Crippen molar-refractivity contribution in [3.05, 3.63) is 63.8 Å². The molecule has 5 rings (SSSR count). The zero-order chi connectivity index (χ0) is 21.3. The van der Waals surface area contributed by atoms with E-state index in [0.29, 0.717) is 34.3 Å². The summed E-state index contributed by atoms with van der Waals surface area (Å²) in [7, 11) is 0. The van der Waals surface area contributed by atoms with Crippen LogP contribution >= 0.6 is 0 Å². The van der Waals surface area contributed by atoms with Gasteiger partial charge >= 0.3 is 0 Å². The molecular formula is C24H21NO5. The monoisotopic (exact) mass is 403 g/mol. The number of imide groups is 1. The number of nitrogens with one attached hydrogen (secondary N) is 1. The van der Waals surface area contributed by atoms with Gasteiger partial charge < -0.3 is 5.11 Å². The van der Waals surface area contributed by atoms with Crippen molar-refractivity contribution in [1.29, 1.82) is 0 Å². The second-order valence-corrected chi connectivity index (χ2v) is 8.59. The van der Waals surface area contributed by atoms with E-state index in [1.165, 1.54) is 6.08 Å². The van der Waals surface area contributed by atoms with Crippen molar-refractivity contribution < 1.29 is 24.3 Å². The molecule has 4 atom stereocenters. The van der Waals surface area contributed by atoms with Gasteiger partial charge in [-0.05, 0) is 44.2 Å². The number of hydrogen-bond acceptors (Lipinski definition) is 5. The van der Waals surface area contributed by atoms with E-state index in [9.17, 15) is 24.3 Å². The molecule has 4 aliphatic rings. The molecule has 1 aliphatic heterocycles. The molecule has 3 aliphatic carbocycles. The lowest BCUT2D eigenvalue weighted by molar-refractivity contribution is -0.126. The van der Waals surface area contributed by atoms with Crippen LogP contribution in [0.1, 0.15) is 36.8 Å². The van der Waals surface area contributed by atoms with Crippen LogP contribution in [-0.4, -0.2) is 28.5 Å². The molecule has 2 amide bonds. The summed E-state index contributed by atoms with van der Waals surface area (Å²) in [6.07, 6.45) is 3.95. The fourth-order valence-corrected chi connectivity index (χ4v) is 5.56. The fourth-order valence-electron chi connectivity index (χ4n) is 5.56. The summed E-state index contributed by atoms with van der Waals surface area (Å²) in [5, 5.41) is 13.2. The lowest BCUT2D eigenvalue weighted by atomic mass is 9.59. The number of Topliss-reactive ketones (excluding diaryl/α,β-unsaturated/α-hetero) is 1. The van der Waals surface area contributed by atoms with Crippen LogP contribution < -0.4 is 5.32 Å². The Hall–Kier alpha value is -3.28. The van der Waals surface area contributed by atoms with E-state index in [4.69, 9.17) is 0 Å². The number of ketones is 2. The van der Waals surface area contributed by atoms with Gasteiger partial charge in [-0.1, -0.05) is 29.8 Å². The van der Waals surface area contributed by atoms with Gasteiger partial charge in [-0.25, -0.2) is 0 Å². The minimum absolute atomic E-state index is 0.0801. The highest BCUT2D eigenvalue weighted by Crippen LogP contribution is 2.55. The van der Waals surface area contributed by atoms with Crippen LogP contribution in [0.2, 0.25) is 0 Å². The predicted octanol–water partition coefficient (Wildman–Crippen LogP) is 2.42. The maximum atomic E-state index is 13.1. The Labute approximate surface area is 173 Å². The Bertz CT molecular complexity index is 1150. The van der Waals surface area contributed by atoms with Gasteiger partial charge in [0.05, 0.1) is 11.8 Å². The summed E-state index contributed by atoms with van der Waals surface area (Å²) in [6, 6.07) is 5.35. The first-order valence-electron chi connectivity index (χ1n) is 10.1. The molecule has 6 heteroatoms. The van der Waals surface area contributed by atoms with Crippen molar-refractivity contribution in [2.75, 3.05) is 0 Å². The number of carbonyl (C=O) groups is 4. The van der Waals surface area contributed by atoms with Gasteiger partial charge in [0.1, 0.15) is 5.75 Å². The number of amides is 2. The van der Waals surface area contributed by atoms with Gasteiger partial charge in [-0.15, -0.1) is 0 Å². The highest BCUT2D eigenvalue weighted by atomic mass is 16.3. The topological polar surface area (TPSA) is 101 Å². The van der Waals surface area contributed by atoms with Gasteiger partial charge in [-0.2, -0.15) is 0 Å². The minimum atomic E-state index is -0.607. The molecule has 152 valence electrons. The van der Waals surface area contributed by atoms with Gasteiger partial charge in [0.15, 0.2) is 11.6 Å². The molecule has 1 heterocycles. The Morgan fingerprint density at radius 3 is 2.57 bits per heavy atom. The molecule has 0 aromatic heterocycles. The van der Waals surface area contributed by atoms with Crippen LogP contribution in [0.25, 0.3) is 0 Å². The highest BCUT2D eigenvalue weighted by Gasteiger charge is 2.53. The normalized spacial score (nSPS) is 30.3. The Kier molecular flexibility index (Phi) is 3.97. The third-order valence-corrected chi connectivity index (χ3v) is 6.98. The van der Waals surface area contributed by atoms with E-state index in [1.807, 2.05) is 12.1 Å². The third-order valence-electron chi connectivity index (χ3n) is 6.98. The van der Waals surface area contributed by atoms with Gasteiger partial charge in [-0.3, -0.25) is 24.5 Å². The van der Waals surface area contributed by atoms with Crippen LogP contribution in [0.3, 0.4) is 0 Å². The van der Waals surface area contributed by atoms with Gasteiger partial charge in [0.2, 0.25) is 11.8 Å². The molecule has 30 heavy (non-hydrogen) atoms. The zero-order valence-corrected chi connectivity index (χ0v) is 16.7.